The van der Waals surface area contributed by atoms with E-state index in [0.29, 0.717) is 11.5 Å². The van der Waals surface area contributed by atoms with Crippen LogP contribution in [0.5, 0.6) is 0 Å². The molecule has 1 amide bonds. The van der Waals surface area contributed by atoms with Gasteiger partial charge in [0, 0.05) is 32.0 Å². The van der Waals surface area contributed by atoms with Gasteiger partial charge in [0.25, 0.3) is 5.91 Å². The molecule has 1 saturated carbocycles. The topological polar surface area (TPSA) is 45.2 Å². The van der Waals surface area contributed by atoms with Crippen molar-refractivity contribution in [2.45, 2.75) is 39.0 Å². The Balaban J connectivity index is 1.76. The van der Waals surface area contributed by atoms with E-state index in [1.807, 2.05) is 24.9 Å². The first-order chi connectivity index (χ1) is 10.2. The number of hydrogen-bond donors (Lipinski definition) is 1. The number of carbonyl (C=O) groups is 1. The third kappa shape index (κ3) is 2.89. The van der Waals surface area contributed by atoms with Gasteiger partial charge in [0.15, 0.2) is 0 Å². The molecule has 1 saturated heterocycles. The lowest BCUT2D eigenvalue weighted by Crippen LogP contribution is -2.44. The average molecular weight is 287 g/mol. The number of likely N-dealkylation sites (tertiary alicyclic amines) is 1. The van der Waals surface area contributed by atoms with Crippen LogP contribution in [0, 0.1) is 18.8 Å². The van der Waals surface area contributed by atoms with E-state index in [4.69, 9.17) is 0 Å². The van der Waals surface area contributed by atoms with Gasteiger partial charge in [-0.3, -0.25) is 9.78 Å². The van der Waals surface area contributed by atoms with Gasteiger partial charge in [-0.05, 0) is 37.7 Å². The highest BCUT2D eigenvalue weighted by molar-refractivity contribution is 5.99. The number of pyridine rings is 1. The van der Waals surface area contributed by atoms with E-state index in [9.17, 15) is 4.79 Å². The molecule has 2 fully saturated rings. The summed E-state index contributed by atoms with van der Waals surface area (Å²) in [5.74, 6) is 1.70. The maximum atomic E-state index is 12.8. The second kappa shape index (κ2) is 6.04. The van der Waals surface area contributed by atoms with Crippen LogP contribution in [0.25, 0.3) is 0 Å². The Bertz CT molecular complexity index is 529. The molecule has 1 aliphatic heterocycles. The number of amides is 1. The number of hydrogen-bond acceptors (Lipinski definition) is 3. The van der Waals surface area contributed by atoms with Gasteiger partial charge in [-0.25, -0.2) is 0 Å². The molecule has 0 spiro atoms. The van der Waals surface area contributed by atoms with Gasteiger partial charge >= 0.3 is 0 Å². The molecule has 2 heterocycles. The summed E-state index contributed by atoms with van der Waals surface area (Å²) in [6.07, 6.45) is 8.25. The van der Waals surface area contributed by atoms with Crippen molar-refractivity contribution in [2.24, 2.45) is 11.8 Å². The van der Waals surface area contributed by atoms with Crippen molar-refractivity contribution in [3.63, 3.8) is 0 Å². The lowest BCUT2D eigenvalue weighted by molar-refractivity contribution is 0.0521. The molecule has 0 aromatic carbocycles. The number of nitrogens with zero attached hydrogens (tertiary/aromatic N) is 2. The molecular weight excluding hydrogens is 262 g/mol. The first-order valence-corrected chi connectivity index (χ1v) is 8.12. The van der Waals surface area contributed by atoms with Crippen molar-refractivity contribution in [2.75, 3.05) is 25.5 Å². The molecule has 4 heteroatoms. The zero-order chi connectivity index (χ0) is 14.8. The summed E-state index contributed by atoms with van der Waals surface area (Å²) >= 11 is 0. The fourth-order valence-corrected chi connectivity index (χ4v) is 3.89. The number of carbonyl (C=O) groups excluding carboxylic acids is 1. The Morgan fingerprint density at radius 1 is 1.29 bits per heavy atom. The molecular formula is C17H25N3O. The van der Waals surface area contributed by atoms with Crippen LogP contribution in [0.4, 0.5) is 5.69 Å². The SMILES string of the molecule is CNc1cc(C)ncc1C(=O)N1CCC2CCCCC2C1. The lowest BCUT2D eigenvalue weighted by atomic mass is 9.75. The molecule has 1 aromatic heterocycles. The Morgan fingerprint density at radius 3 is 2.81 bits per heavy atom. The molecule has 2 atom stereocenters. The van der Waals surface area contributed by atoms with E-state index >= 15 is 0 Å². The summed E-state index contributed by atoms with van der Waals surface area (Å²) in [4.78, 5) is 19.2. The number of rotatable bonds is 2. The minimum Gasteiger partial charge on any atom is -0.387 e. The average Bonchev–Trinajstić information content (AvgIpc) is 2.53. The van der Waals surface area contributed by atoms with Crippen LogP contribution >= 0.6 is 0 Å². The van der Waals surface area contributed by atoms with Crippen molar-refractivity contribution in [1.82, 2.24) is 9.88 Å². The van der Waals surface area contributed by atoms with Crippen LogP contribution in [0.3, 0.4) is 0 Å². The summed E-state index contributed by atoms with van der Waals surface area (Å²) in [6, 6.07) is 1.95. The Kier molecular flexibility index (Phi) is 4.13. The number of aryl methyl sites for hydroxylation is 1. The number of anilines is 1. The van der Waals surface area contributed by atoms with Gasteiger partial charge < -0.3 is 10.2 Å². The maximum absolute atomic E-state index is 12.8. The van der Waals surface area contributed by atoms with Crippen LogP contribution in [-0.4, -0.2) is 35.9 Å². The maximum Gasteiger partial charge on any atom is 0.257 e. The molecule has 114 valence electrons. The molecule has 2 aliphatic rings. The van der Waals surface area contributed by atoms with Gasteiger partial charge in [-0.15, -0.1) is 0 Å². The van der Waals surface area contributed by atoms with E-state index < -0.39 is 0 Å². The van der Waals surface area contributed by atoms with Crippen molar-refractivity contribution in [3.05, 3.63) is 23.5 Å². The molecule has 0 radical (unpaired) electrons. The predicted octanol–water partition coefficient (Wildman–Crippen LogP) is 3.08. The minimum atomic E-state index is 0.135. The highest BCUT2D eigenvalue weighted by Crippen LogP contribution is 2.36. The van der Waals surface area contributed by atoms with E-state index in [-0.39, 0.29) is 5.91 Å². The quantitative estimate of drug-likeness (QED) is 0.909. The van der Waals surface area contributed by atoms with Gasteiger partial charge in [0.1, 0.15) is 0 Å². The number of aromatic nitrogens is 1. The molecule has 3 rings (SSSR count). The Morgan fingerprint density at radius 2 is 2.05 bits per heavy atom. The first-order valence-electron chi connectivity index (χ1n) is 8.12. The summed E-state index contributed by atoms with van der Waals surface area (Å²) in [6.45, 7) is 3.78. The van der Waals surface area contributed by atoms with Gasteiger partial charge in [0.2, 0.25) is 0 Å². The van der Waals surface area contributed by atoms with Crippen LogP contribution in [0.2, 0.25) is 0 Å². The Labute approximate surface area is 126 Å². The van der Waals surface area contributed by atoms with Crippen LogP contribution in [0.1, 0.15) is 48.2 Å². The smallest absolute Gasteiger partial charge is 0.257 e. The van der Waals surface area contributed by atoms with Gasteiger partial charge in [0.05, 0.1) is 11.3 Å². The molecule has 21 heavy (non-hydrogen) atoms. The van der Waals surface area contributed by atoms with Crippen LogP contribution in [0.15, 0.2) is 12.3 Å². The van der Waals surface area contributed by atoms with Crippen molar-refractivity contribution in [3.8, 4) is 0 Å². The zero-order valence-corrected chi connectivity index (χ0v) is 13.1. The summed E-state index contributed by atoms with van der Waals surface area (Å²) in [5, 5.41) is 3.13. The number of piperidine rings is 1. The molecule has 4 nitrogen and oxygen atoms in total. The molecule has 0 bridgehead atoms. The fraction of sp³-hybridized carbons (Fsp3) is 0.647. The lowest BCUT2D eigenvalue weighted by Gasteiger charge is -2.41. The van der Waals surface area contributed by atoms with Crippen LogP contribution in [-0.2, 0) is 0 Å². The molecule has 1 aliphatic carbocycles. The van der Waals surface area contributed by atoms with Crippen molar-refractivity contribution < 1.29 is 4.79 Å². The first kappa shape index (κ1) is 14.4. The molecule has 2 unspecified atom stereocenters. The van der Waals surface area contributed by atoms with E-state index in [2.05, 4.69) is 10.3 Å². The van der Waals surface area contributed by atoms with Gasteiger partial charge in [-0.1, -0.05) is 19.3 Å². The second-order valence-corrected chi connectivity index (χ2v) is 6.47. The Hall–Kier alpha value is -1.58. The largest absolute Gasteiger partial charge is 0.387 e. The van der Waals surface area contributed by atoms with E-state index in [1.165, 1.54) is 32.1 Å². The van der Waals surface area contributed by atoms with Crippen molar-refractivity contribution >= 4 is 11.6 Å². The summed E-state index contributed by atoms with van der Waals surface area (Å²) in [5.41, 5.74) is 2.53. The predicted molar refractivity (Wildman–Crippen MR) is 84.5 cm³/mol. The monoisotopic (exact) mass is 287 g/mol. The number of nitrogens with one attached hydrogen (secondary N) is 1. The third-order valence-corrected chi connectivity index (χ3v) is 5.12. The minimum absolute atomic E-state index is 0.135. The molecule has 1 N–H and O–H groups in total. The fourth-order valence-electron chi connectivity index (χ4n) is 3.89. The standard InChI is InChI=1S/C17H25N3O/c1-12-9-16(18-2)15(10-19-12)17(21)20-8-7-13-5-3-4-6-14(13)11-20/h9-10,13-14H,3-8,11H2,1-2H3,(H,18,19). The third-order valence-electron chi connectivity index (χ3n) is 5.12. The zero-order valence-electron chi connectivity index (χ0n) is 13.1. The second-order valence-electron chi connectivity index (χ2n) is 6.47. The van der Waals surface area contributed by atoms with E-state index in [1.54, 1.807) is 6.20 Å². The van der Waals surface area contributed by atoms with Gasteiger partial charge in [-0.2, -0.15) is 0 Å². The summed E-state index contributed by atoms with van der Waals surface area (Å²) < 4.78 is 0. The van der Waals surface area contributed by atoms with Crippen LogP contribution < -0.4 is 5.32 Å². The van der Waals surface area contributed by atoms with Crippen molar-refractivity contribution in [1.29, 1.82) is 0 Å². The number of fused-ring (bicyclic) bond motifs is 1. The van der Waals surface area contributed by atoms with E-state index in [0.717, 1.165) is 30.4 Å². The normalized spacial score (nSPS) is 25.3. The highest BCUT2D eigenvalue weighted by atomic mass is 16.2. The highest BCUT2D eigenvalue weighted by Gasteiger charge is 2.33. The summed E-state index contributed by atoms with van der Waals surface area (Å²) in [7, 11) is 1.86. The molecule has 1 aromatic rings.